The van der Waals surface area contributed by atoms with Crippen molar-refractivity contribution in [3.63, 3.8) is 0 Å². The summed E-state index contributed by atoms with van der Waals surface area (Å²) in [6.07, 6.45) is 0.947. The van der Waals surface area contributed by atoms with E-state index in [1.165, 1.54) is 0 Å². The number of benzene rings is 1. The Morgan fingerprint density at radius 1 is 1.11 bits per heavy atom. The van der Waals surface area contributed by atoms with Crippen LogP contribution in [0.3, 0.4) is 0 Å². The fourth-order valence-corrected chi connectivity index (χ4v) is 2.78. The molecule has 0 atom stereocenters. The Kier molecular flexibility index (Phi) is 6.71. The van der Waals surface area contributed by atoms with Gasteiger partial charge in [0, 0.05) is 37.5 Å². The molecule has 146 valence electrons. The van der Waals surface area contributed by atoms with Crippen molar-refractivity contribution in [2.75, 3.05) is 26.2 Å². The number of carbonyl (C=O) groups excluding carboxylic acids is 3. The number of nitrogens with zero attached hydrogens (tertiary/aromatic N) is 3. The largest absolute Gasteiger partial charge is 0.342 e. The highest BCUT2D eigenvalue weighted by atomic mass is 16.2. The van der Waals surface area contributed by atoms with Crippen LogP contribution in [-0.4, -0.2) is 59.9 Å². The molecule has 1 aromatic rings. The Bertz CT molecular complexity index is 712. The molecule has 0 spiro atoms. The van der Waals surface area contributed by atoms with Gasteiger partial charge in [-0.3, -0.25) is 14.4 Å². The van der Waals surface area contributed by atoms with E-state index in [4.69, 9.17) is 0 Å². The van der Waals surface area contributed by atoms with Gasteiger partial charge in [-0.2, -0.15) is 5.10 Å². The predicted molar refractivity (Wildman–Crippen MR) is 105 cm³/mol. The number of hydrogen-bond acceptors (Lipinski definition) is 4. The average molecular weight is 372 g/mol. The summed E-state index contributed by atoms with van der Waals surface area (Å²) in [4.78, 5) is 38.6. The minimum absolute atomic E-state index is 0.0291. The molecular weight excluding hydrogens is 344 g/mol. The zero-order valence-electron chi connectivity index (χ0n) is 16.5. The molecule has 1 aromatic carbocycles. The van der Waals surface area contributed by atoms with Crippen LogP contribution in [0.4, 0.5) is 0 Å². The van der Waals surface area contributed by atoms with Gasteiger partial charge in [-0.05, 0) is 30.0 Å². The molecule has 1 saturated heterocycles. The molecule has 0 radical (unpaired) electrons. The highest BCUT2D eigenvalue weighted by molar-refractivity contribution is 6.01. The lowest BCUT2D eigenvalue weighted by Crippen LogP contribution is -2.48. The molecule has 2 rings (SSSR count). The lowest BCUT2D eigenvalue weighted by molar-refractivity contribution is -0.134. The van der Waals surface area contributed by atoms with E-state index in [1.54, 1.807) is 28.9 Å². The summed E-state index contributed by atoms with van der Waals surface area (Å²) in [7, 11) is 0. The Labute approximate surface area is 160 Å². The van der Waals surface area contributed by atoms with Crippen LogP contribution < -0.4 is 5.43 Å². The third-order valence-corrected chi connectivity index (χ3v) is 4.58. The van der Waals surface area contributed by atoms with Gasteiger partial charge in [0.05, 0.1) is 6.42 Å². The maximum Gasteiger partial charge on any atom is 0.271 e. The molecule has 0 bridgehead atoms. The van der Waals surface area contributed by atoms with Gasteiger partial charge in [0.25, 0.3) is 5.91 Å². The molecule has 0 aliphatic carbocycles. The molecular formula is C20H28N4O3. The first-order valence-electron chi connectivity index (χ1n) is 9.12. The fraction of sp³-hybridized carbons (Fsp3) is 0.500. The summed E-state index contributed by atoms with van der Waals surface area (Å²) in [5.74, 6) is -0.354. The number of piperazine rings is 1. The van der Waals surface area contributed by atoms with Crippen LogP contribution >= 0.6 is 0 Å². The number of amides is 3. The first-order chi connectivity index (χ1) is 12.7. The smallest absolute Gasteiger partial charge is 0.271 e. The Hall–Kier alpha value is -2.70. The van der Waals surface area contributed by atoms with Gasteiger partial charge in [-0.1, -0.05) is 32.9 Å². The maximum absolute atomic E-state index is 12.3. The Balaban J connectivity index is 1.86. The molecule has 1 aliphatic rings. The molecule has 0 saturated carbocycles. The molecule has 0 unspecified atom stereocenters. The monoisotopic (exact) mass is 372 g/mol. The molecule has 7 heteroatoms. The average Bonchev–Trinajstić information content (AvgIpc) is 2.65. The molecule has 1 aliphatic heterocycles. The van der Waals surface area contributed by atoms with Crippen molar-refractivity contribution >= 4 is 23.9 Å². The minimum atomic E-state index is -0.304. The molecule has 7 nitrogen and oxygen atoms in total. The van der Waals surface area contributed by atoms with Crippen molar-refractivity contribution in [1.29, 1.82) is 0 Å². The second-order valence-corrected chi connectivity index (χ2v) is 7.81. The van der Waals surface area contributed by atoms with E-state index in [2.05, 4.69) is 31.3 Å². The van der Waals surface area contributed by atoms with Gasteiger partial charge in [-0.15, -0.1) is 0 Å². The van der Waals surface area contributed by atoms with Crippen LogP contribution in [0.25, 0.3) is 0 Å². The van der Waals surface area contributed by atoms with Crippen molar-refractivity contribution in [3.8, 4) is 0 Å². The summed E-state index contributed by atoms with van der Waals surface area (Å²) < 4.78 is 0. The van der Waals surface area contributed by atoms with Crippen LogP contribution in [0.15, 0.2) is 29.4 Å². The van der Waals surface area contributed by atoms with Gasteiger partial charge >= 0.3 is 0 Å². The van der Waals surface area contributed by atoms with E-state index in [9.17, 15) is 14.4 Å². The molecule has 1 fully saturated rings. The van der Waals surface area contributed by atoms with E-state index in [0.717, 1.165) is 12.0 Å². The summed E-state index contributed by atoms with van der Waals surface area (Å²) in [6, 6.07) is 7.43. The summed E-state index contributed by atoms with van der Waals surface area (Å²) in [5.41, 5.74) is 4.75. The number of hydrogen-bond donors (Lipinski definition) is 1. The molecule has 0 aromatic heterocycles. The molecule has 3 amide bonds. The molecule has 27 heavy (non-hydrogen) atoms. The van der Waals surface area contributed by atoms with Gasteiger partial charge in [0.15, 0.2) is 0 Å². The SMILES string of the molecule is CC(CC(=O)N1CCN(C=O)CC1)=NNC(=O)c1ccc(C(C)(C)C)cc1. The Morgan fingerprint density at radius 3 is 2.22 bits per heavy atom. The van der Waals surface area contributed by atoms with Crippen LogP contribution in [-0.2, 0) is 15.0 Å². The predicted octanol–water partition coefficient (Wildman–Crippen LogP) is 1.78. The minimum Gasteiger partial charge on any atom is -0.342 e. The number of nitrogens with one attached hydrogen (secondary N) is 1. The number of carbonyl (C=O) groups is 3. The third kappa shape index (κ3) is 5.91. The van der Waals surface area contributed by atoms with E-state index >= 15 is 0 Å². The van der Waals surface area contributed by atoms with Gasteiger partial charge in [0.2, 0.25) is 12.3 Å². The van der Waals surface area contributed by atoms with Crippen molar-refractivity contribution < 1.29 is 14.4 Å². The normalized spacial score (nSPS) is 15.5. The summed E-state index contributed by atoms with van der Waals surface area (Å²) in [5, 5.41) is 4.04. The number of hydrazone groups is 1. The number of rotatable bonds is 5. The van der Waals surface area contributed by atoms with E-state index < -0.39 is 0 Å². The Morgan fingerprint density at radius 2 is 1.70 bits per heavy atom. The van der Waals surface area contributed by atoms with E-state index in [-0.39, 0.29) is 23.7 Å². The highest BCUT2D eigenvalue weighted by Crippen LogP contribution is 2.22. The van der Waals surface area contributed by atoms with Gasteiger partial charge in [0.1, 0.15) is 0 Å². The van der Waals surface area contributed by atoms with Crippen LogP contribution in [0.5, 0.6) is 0 Å². The van der Waals surface area contributed by atoms with Crippen LogP contribution in [0.1, 0.15) is 50.0 Å². The first-order valence-corrected chi connectivity index (χ1v) is 9.12. The quantitative estimate of drug-likeness (QED) is 0.486. The van der Waals surface area contributed by atoms with Crippen molar-refractivity contribution in [2.24, 2.45) is 5.10 Å². The third-order valence-electron chi connectivity index (χ3n) is 4.58. The highest BCUT2D eigenvalue weighted by Gasteiger charge is 2.20. The zero-order chi connectivity index (χ0) is 20.0. The second kappa shape index (κ2) is 8.79. The first kappa shape index (κ1) is 20.6. The standard InChI is InChI=1S/C20H28N4O3/c1-15(13-18(26)24-11-9-23(14-25)10-12-24)21-22-19(27)16-5-7-17(8-6-16)20(2,3)4/h5-8,14H,9-13H2,1-4H3,(H,22,27). The molecule has 1 heterocycles. The van der Waals surface area contributed by atoms with Crippen LogP contribution in [0, 0.1) is 0 Å². The maximum atomic E-state index is 12.3. The van der Waals surface area contributed by atoms with Gasteiger partial charge < -0.3 is 9.80 Å². The van der Waals surface area contributed by atoms with Crippen LogP contribution in [0.2, 0.25) is 0 Å². The fourth-order valence-electron chi connectivity index (χ4n) is 2.78. The summed E-state index contributed by atoms with van der Waals surface area (Å²) in [6.45, 7) is 10.2. The second-order valence-electron chi connectivity index (χ2n) is 7.81. The zero-order valence-corrected chi connectivity index (χ0v) is 16.5. The van der Waals surface area contributed by atoms with Crippen molar-refractivity contribution in [1.82, 2.24) is 15.2 Å². The van der Waals surface area contributed by atoms with E-state index in [0.29, 0.717) is 37.5 Å². The lowest BCUT2D eigenvalue weighted by Gasteiger charge is -2.32. The topological polar surface area (TPSA) is 82.1 Å². The van der Waals surface area contributed by atoms with E-state index in [1.807, 2.05) is 12.1 Å². The lowest BCUT2D eigenvalue weighted by atomic mass is 9.87. The van der Waals surface area contributed by atoms with Crippen molar-refractivity contribution in [2.45, 2.75) is 39.5 Å². The molecule has 1 N–H and O–H groups in total. The van der Waals surface area contributed by atoms with Gasteiger partial charge in [-0.25, -0.2) is 5.43 Å². The summed E-state index contributed by atoms with van der Waals surface area (Å²) >= 11 is 0. The van der Waals surface area contributed by atoms with Crippen molar-refractivity contribution in [3.05, 3.63) is 35.4 Å².